The maximum Gasteiger partial charge on any atom is 0.320 e. The fourth-order valence-corrected chi connectivity index (χ4v) is 4.73. The molecule has 0 spiro atoms. The van der Waals surface area contributed by atoms with E-state index < -0.39 is 23.0 Å². The summed E-state index contributed by atoms with van der Waals surface area (Å²) in [6, 6.07) is 17.5. The lowest BCUT2D eigenvalue weighted by Gasteiger charge is -2.46. The van der Waals surface area contributed by atoms with E-state index in [1.54, 1.807) is 31.2 Å². The van der Waals surface area contributed by atoms with Crippen molar-refractivity contribution in [3.63, 3.8) is 0 Å². The Labute approximate surface area is 169 Å². The van der Waals surface area contributed by atoms with Crippen LogP contribution in [-0.2, 0) is 26.3 Å². The second kappa shape index (κ2) is 7.02. The molecule has 2 heterocycles. The van der Waals surface area contributed by atoms with Crippen LogP contribution in [0.1, 0.15) is 37.3 Å². The Bertz CT molecular complexity index is 995. The monoisotopic (exact) mass is 390 g/mol. The molecule has 0 radical (unpaired) electrons. The maximum atomic E-state index is 13.5. The van der Waals surface area contributed by atoms with Gasteiger partial charge in [-0.1, -0.05) is 48.5 Å². The number of amides is 1. The minimum absolute atomic E-state index is 0.0534. The highest BCUT2D eigenvalue weighted by atomic mass is 16.5. The molecule has 3 atom stereocenters. The molecule has 6 nitrogen and oxygen atoms in total. The molecule has 0 bridgehead atoms. The van der Waals surface area contributed by atoms with E-state index in [4.69, 9.17) is 4.74 Å². The van der Waals surface area contributed by atoms with Crippen LogP contribution in [-0.4, -0.2) is 28.6 Å². The van der Waals surface area contributed by atoms with E-state index in [2.05, 4.69) is 6.07 Å². The minimum atomic E-state index is -1.44. The molecule has 0 unspecified atom stereocenters. The van der Waals surface area contributed by atoms with Crippen molar-refractivity contribution in [2.75, 3.05) is 4.90 Å². The quantitative estimate of drug-likeness (QED) is 0.811. The first-order valence-electron chi connectivity index (χ1n) is 9.64. The molecule has 1 fully saturated rings. The fourth-order valence-electron chi connectivity index (χ4n) is 4.73. The number of ether oxygens (including phenoxy) is 1. The second-order valence-electron chi connectivity index (χ2n) is 7.91. The molecule has 0 aromatic heterocycles. The normalized spacial score (nSPS) is 27.7. The lowest BCUT2D eigenvalue weighted by Crippen LogP contribution is -2.65. The van der Waals surface area contributed by atoms with Crippen molar-refractivity contribution in [3.05, 3.63) is 65.7 Å². The van der Waals surface area contributed by atoms with E-state index in [-0.39, 0.29) is 31.8 Å². The van der Waals surface area contributed by atoms with Crippen LogP contribution in [0.2, 0.25) is 0 Å². The van der Waals surface area contributed by atoms with Gasteiger partial charge in [0.2, 0.25) is 5.91 Å². The van der Waals surface area contributed by atoms with Crippen LogP contribution in [0, 0.1) is 11.3 Å². The van der Waals surface area contributed by atoms with E-state index in [9.17, 15) is 20.0 Å². The average Bonchev–Trinajstić information content (AvgIpc) is 3.04. The van der Waals surface area contributed by atoms with E-state index in [0.717, 1.165) is 5.56 Å². The molecular formula is C23H22N2O4. The zero-order valence-corrected chi connectivity index (χ0v) is 16.2. The highest BCUT2D eigenvalue weighted by Crippen LogP contribution is 2.54. The summed E-state index contributed by atoms with van der Waals surface area (Å²) >= 11 is 0. The predicted octanol–water partition coefficient (Wildman–Crippen LogP) is 2.84. The van der Waals surface area contributed by atoms with Crippen molar-refractivity contribution in [3.8, 4) is 6.07 Å². The SMILES string of the molecule is C[C@]1(O)CCC(=O)N2c3ccccc3[C@](CC#N)(C(=O)OCc3ccccc3)[C@@H]21. The molecule has 1 saturated heterocycles. The Hall–Kier alpha value is -3.17. The van der Waals surface area contributed by atoms with Gasteiger partial charge in [-0.25, -0.2) is 0 Å². The third-order valence-corrected chi connectivity index (χ3v) is 6.01. The van der Waals surface area contributed by atoms with E-state index in [1.807, 2.05) is 30.3 Å². The van der Waals surface area contributed by atoms with Crippen LogP contribution < -0.4 is 4.90 Å². The van der Waals surface area contributed by atoms with Crippen LogP contribution in [0.15, 0.2) is 54.6 Å². The summed E-state index contributed by atoms with van der Waals surface area (Å²) in [6.07, 6.45) is 0.210. The molecule has 2 aliphatic heterocycles. The van der Waals surface area contributed by atoms with Crippen LogP contribution in [0.4, 0.5) is 5.69 Å². The Kier molecular flexibility index (Phi) is 4.64. The van der Waals surface area contributed by atoms with E-state index in [0.29, 0.717) is 11.3 Å². The third kappa shape index (κ3) is 2.90. The number of nitriles is 1. The number of carbonyl (C=O) groups excluding carboxylic acids is 2. The summed E-state index contributed by atoms with van der Waals surface area (Å²) in [5.41, 5.74) is -0.841. The van der Waals surface area contributed by atoms with Gasteiger partial charge in [-0.3, -0.25) is 9.59 Å². The predicted molar refractivity (Wildman–Crippen MR) is 106 cm³/mol. The Morgan fingerprint density at radius 2 is 1.93 bits per heavy atom. The first-order valence-corrected chi connectivity index (χ1v) is 9.64. The van der Waals surface area contributed by atoms with Gasteiger partial charge in [0.05, 0.1) is 24.1 Å². The number of benzene rings is 2. The van der Waals surface area contributed by atoms with Crippen LogP contribution in [0.3, 0.4) is 0 Å². The smallest absolute Gasteiger partial charge is 0.320 e. The van der Waals surface area contributed by atoms with Crippen LogP contribution in [0.25, 0.3) is 0 Å². The van der Waals surface area contributed by atoms with Gasteiger partial charge in [-0.05, 0) is 30.5 Å². The molecular weight excluding hydrogens is 368 g/mol. The topological polar surface area (TPSA) is 90.6 Å². The number of rotatable bonds is 4. The molecule has 29 heavy (non-hydrogen) atoms. The van der Waals surface area contributed by atoms with E-state index in [1.165, 1.54) is 4.90 Å². The lowest BCUT2D eigenvalue weighted by molar-refractivity contribution is -0.157. The molecule has 148 valence electrons. The lowest BCUT2D eigenvalue weighted by atomic mass is 9.66. The average molecular weight is 390 g/mol. The number of esters is 1. The number of para-hydroxylation sites is 1. The summed E-state index contributed by atoms with van der Waals surface area (Å²) in [7, 11) is 0. The molecule has 0 aliphatic carbocycles. The Morgan fingerprint density at radius 1 is 1.24 bits per heavy atom. The molecule has 2 aliphatic rings. The number of hydrogen-bond acceptors (Lipinski definition) is 5. The number of piperidine rings is 1. The summed E-state index contributed by atoms with van der Waals surface area (Å²) < 4.78 is 5.66. The van der Waals surface area contributed by atoms with Gasteiger partial charge in [-0.2, -0.15) is 5.26 Å². The van der Waals surface area contributed by atoms with Crippen molar-refractivity contribution >= 4 is 17.6 Å². The largest absolute Gasteiger partial charge is 0.460 e. The molecule has 2 aromatic carbocycles. The van der Waals surface area contributed by atoms with Gasteiger partial charge >= 0.3 is 5.97 Å². The minimum Gasteiger partial charge on any atom is -0.460 e. The highest BCUT2D eigenvalue weighted by molar-refractivity contribution is 6.03. The van der Waals surface area contributed by atoms with E-state index >= 15 is 0 Å². The van der Waals surface area contributed by atoms with Gasteiger partial charge in [-0.15, -0.1) is 0 Å². The summed E-state index contributed by atoms with van der Waals surface area (Å²) in [6.45, 7) is 1.68. The molecule has 0 saturated carbocycles. The molecule has 2 aromatic rings. The zero-order valence-electron chi connectivity index (χ0n) is 16.2. The number of nitrogens with zero attached hydrogens (tertiary/aromatic N) is 2. The number of aliphatic hydroxyl groups is 1. The zero-order chi connectivity index (χ0) is 20.6. The van der Waals surface area contributed by atoms with Gasteiger partial charge < -0.3 is 14.7 Å². The van der Waals surface area contributed by atoms with Crippen molar-refractivity contribution in [2.24, 2.45) is 0 Å². The van der Waals surface area contributed by atoms with Crippen molar-refractivity contribution in [1.82, 2.24) is 0 Å². The maximum absolute atomic E-state index is 13.5. The van der Waals surface area contributed by atoms with Crippen molar-refractivity contribution in [1.29, 1.82) is 5.26 Å². The van der Waals surface area contributed by atoms with Gasteiger partial charge in [0.25, 0.3) is 0 Å². The fraction of sp³-hybridized carbons (Fsp3) is 0.348. The van der Waals surface area contributed by atoms with Gasteiger partial charge in [0, 0.05) is 12.1 Å². The van der Waals surface area contributed by atoms with Crippen LogP contribution >= 0.6 is 0 Å². The molecule has 1 amide bonds. The number of fused-ring (bicyclic) bond motifs is 3. The standard InChI is InChI=1S/C23H22N2O4/c1-22(28)12-11-19(26)25-18-10-6-5-9-17(18)23(13-14-24,20(22)25)21(27)29-15-16-7-3-2-4-8-16/h2-10,20,28H,11-13,15H2,1H3/t20-,22-,23-/m0/s1. The molecule has 6 heteroatoms. The second-order valence-corrected chi connectivity index (χ2v) is 7.91. The summed E-state index contributed by atoms with van der Waals surface area (Å²) in [5, 5.41) is 20.9. The number of carbonyl (C=O) groups is 2. The first kappa shape index (κ1) is 19.2. The Morgan fingerprint density at radius 3 is 2.66 bits per heavy atom. The van der Waals surface area contributed by atoms with Crippen molar-refractivity contribution < 1.29 is 19.4 Å². The summed E-state index contributed by atoms with van der Waals surface area (Å²) in [5.74, 6) is -0.762. The number of hydrogen-bond donors (Lipinski definition) is 1. The first-order chi connectivity index (χ1) is 13.9. The number of anilines is 1. The van der Waals surface area contributed by atoms with Gasteiger partial charge in [0.1, 0.15) is 12.0 Å². The van der Waals surface area contributed by atoms with Gasteiger partial charge in [0.15, 0.2) is 0 Å². The molecule has 1 N–H and O–H groups in total. The Balaban J connectivity index is 1.82. The van der Waals surface area contributed by atoms with Crippen LogP contribution in [0.5, 0.6) is 0 Å². The molecule has 4 rings (SSSR count). The van der Waals surface area contributed by atoms with Crippen molar-refractivity contribution in [2.45, 2.75) is 49.9 Å². The highest BCUT2D eigenvalue weighted by Gasteiger charge is 2.65. The third-order valence-electron chi connectivity index (χ3n) is 6.01. The summed E-state index contributed by atoms with van der Waals surface area (Å²) in [4.78, 5) is 27.8.